The van der Waals surface area contributed by atoms with E-state index in [1.165, 1.54) is 18.1 Å². The Labute approximate surface area is 158 Å². The molecule has 2 saturated heterocycles. The van der Waals surface area contributed by atoms with Gasteiger partial charge in [-0.2, -0.15) is 0 Å². The molecule has 2 fully saturated rings. The van der Waals surface area contributed by atoms with Crippen molar-refractivity contribution in [3.05, 3.63) is 23.3 Å². The van der Waals surface area contributed by atoms with E-state index in [4.69, 9.17) is 14.2 Å². The molecule has 1 unspecified atom stereocenters. The Balaban J connectivity index is 1.72. The van der Waals surface area contributed by atoms with Crippen LogP contribution in [0.4, 0.5) is 0 Å². The van der Waals surface area contributed by atoms with Crippen molar-refractivity contribution in [1.29, 1.82) is 0 Å². The van der Waals surface area contributed by atoms with E-state index in [9.17, 15) is 4.79 Å². The van der Waals surface area contributed by atoms with Crippen molar-refractivity contribution in [3.8, 4) is 0 Å². The summed E-state index contributed by atoms with van der Waals surface area (Å²) in [5, 5.41) is 0. The maximum absolute atomic E-state index is 11.2. The normalized spacial score (nSPS) is 42.7. The third kappa shape index (κ3) is 4.77. The largest absolute Gasteiger partial charge is 0.465 e. The SMILES string of the molecule is CC(=O)OCC(C)/C1=C/[C@H]2O[C@]2(C)CC/C=C(\C)CC[C@@H]2O[C@]2(C)CC1. The molecule has 0 spiro atoms. The Bertz CT molecular complexity index is 607. The van der Waals surface area contributed by atoms with Crippen LogP contribution in [0, 0.1) is 5.92 Å². The highest BCUT2D eigenvalue weighted by Crippen LogP contribution is 2.46. The van der Waals surface area contributed by atoms with E-state index < -0.39 is 0 Å². The van der Waals surface area contributed by atoms with Crippen molar-refractivity contribution in [3.63, 3.8) is 0 Å². The van der Waals surface area contributed by atoms with Gasteiger partial charge in [-0.1, -0.05) is 30.2 Å². The molecule has 1 aliphatic carbocycles. The number of carbonyl (C=O) groups is 1. The minimum atomic E-state index is -0.217. The molecule has 0 amide bonds. The zero-order valence-electron chi connectivity index (χ0n) is 17.0. The monoisotopic (exact) mass is 362 g/mol. The van der Waals surface area contributed by atoms with Crippen LogP contribution in [0.15, 0.2) is 23.3 Å². The van der Waals surface area contributed by atoms with Gasteiger partial charge in [0.1, 0.15) is 6.10 Å². The third-order valence-electron chi connectivity index (χ3n) is 6.36. The van der Waals surface area contributed by atoms with Crippen molar-refractivity contribution in [2.45, 2.75) is 96.6 Å². The van der Waals surface area contributed by atoms with Crippen LogP contribution in [0.1, 0.15) is 73.1 Å². The maximum Gasteiger partial charge on any atom is 0.302 e. The van der Waals surface area contributed by atoms with Crippen LogP contribution in [-0.2, 0) is 19.0 Å². The molecule has 4 heteroatoms. The first kappa shape index (κ1) is 19.6. The third-order valence-corrected chi connectivity index (χ3v) is 6.36. The number of hydrogen-bond donors (Lipinski definition) is 0. The van der Waals surface area contributed by atoms with Crippen molar-refractivity contribution < 1.29 is 19.0 Å². The average Bonchev–Trinajstić information content (AvgIpc) is 3.42. The zero-order valence-corrected chi connectivity index (χ0v) is 17.0. The van der Waals surface area contributed by atoms with E-state index in [2.05, 4.69) is 39.8 Å². The number of epoxide rings is 2. The molecule has 2 aliphatic heterocycles. The van der Waals surface area contributed by atoms with E-state index in [1.54, 1.807) is 0 Å². The van der Waals surface area contributed by atoms with Crippen LogP contribution in [0.2, 0.25) is 0 Å². The van der Waals surface area contributed by atoms with Gasteiger partial charge in [-0.3, -0.25) is 4.79 Å². The number of ether oxygens (including phenoxy) is 3. The van der Waals surface area contributed by atoms with Gasteiger partial charge in [-0.05, 0) is 59.3 Å². The standard InChI is InChI=1S/C22H34O4/c1-15-7-6-11-21(4)20(26-21)13-18(16(2)14-24-17(3)23)10-12-22(5)19(25-22)9-8-15/h7,13,16,19-20H,6,8-12,14H2,1-5H3/b15-7+,18-13+/t16?,19-,20+,21+,22+/m0/s1. The highest BCUT2D eigenvalue weighted by molar-refractivity contribution is 5.65. The quantitative estimate of drug-likeness (QED) is 0.414. The van der Waals surface area contributed by atoms with Crippen molar-refractivity contribution in [2.24, 2.45) is 5.92 Å². The van der Waals surface area contributed by atoms with E-state index in [0.717, 1.165) is 38.5 Å². The van der Waals surface area contributed by atoms with Crippen LogP contribution in [-0.4, -0.2) is 36.0 Å². The summed E-state index contributed by atoms with van der Waals surface area (Å²) < 4.78 is 17.3. The van der Waals surface area contributed by atoms with Gasteiger partial charge in [0.05, 0.1) is 23.9 Å². The summed E-state index contributed by atoms with van der Waals surface area (Å²) in [6.45, 7) is 10.7. The fourth-order valence-corrected chi connectivity index (χ4v) is 4.04. The fraction of sp³-hybridized carbons (Fsp3) is 0.773. The minimum Gasteiger partial charge on any atom is -0.465 e. The predicted molar refractivity (Wildman–Crippen MR) is 102 cm³/mol. The summed E-state index contributed by atoms with van der Waals surface area (Å²) in [6, 6.07) is 0. The Morgan fingerprint density at radius 3 is 2.77 bits per heavy atom. The van der Waals surface area contributed by atoms with Gasteiger partial charge >= 0.3 is 5.97 Å². The van der Waals surface area contributed by atoms with E-state index in [1.807, 2.05) is 0 Å². The summed E-state index contributed by atoms with van der Waals surface area (Å²) in [7, 11) is 0. The molecule has 0 aromatic rings. The van der Waals surface area contributed by atoms with Crippen LogP contribution in [0.5, 0.6) is 0 Å². The van der Waals surface area contributed by atoms with Gasteiger partial charge in [0.2, 0.25) is 0 Å². The molecule has 5 atom stereocenters. The number of fused-ring (bicyclic) bond motifs is 2. The average molecular weight is 363 g/mol. The Morgan fingerprint density at radius 1 is 1.27 bits per heavy atom. The molecule has 3 rings (SSSR count). The van der Waals surface area contributed by atoms with Gasteiger partial charge in [0.25, 0.3) is 0 Å². The molecule has 0 bridgehead atoms. The number of rotatable bonds is 3. The Morgan fingerprint density at radius 2 is 2.04 bits per heavy atom. The highest BCUT2D eigenvalue weighted by Gasteiger charge is 2.52. The molecule has 146 valence electrons. The molecular weight excluding hydrogens is 328 g/mol. The second kappa shape index (κ2) is 7.47. The molecule has 2 heterocycles. The lowest BCUT2D eigenvalue weighted by Crippen LogP contribution is -2.17. The summed E-state index contributed by atoms with van der Waals surface area (Å²) in [6.07, 6.45) is 11.5. The predicted octanol–water partition coefficient (Wildman–Crippen LogP) is 4.73. The van der Waals surface area contributed by atoms with Crippen molar-refractivity contribution >= 4 is 5.97 Å². The minimum absolute atomic E-state index is 0.00164. The fourth-order valence-electron chi connectivity index (χ4n) is 4.04. The first-order valence-corrected chi connectivity index (χ1v) is 10.1. The van der Waals surface area contributed by atoms with Gasteiger partial charge in [0, 0.05) is 12.8 Å². The van der Waals surface area contributed by atoms with Crippen LogP contribution >= 0.6 is 0 Å². The molecular formula is C22H34O4. The second-order valence-electron chi connectivity index (χ2n) is 8.84. The summed E-state index contributed by atoms with van der Waals surface area (Å²) in [5.41, 5.74) is 2.75. The maximum atomic E-state index is 11.2. The van der Waals surface area contributed by atoms with Crippen LogP contribution < -0.4 is 0 Å². The summed E-state index contributed by atoms with van der Waals surface area (Å²) >= 11 is 0. The lowest BCUT2D eigenvalue weighted by Gasteiger charge is -2.18. The number of carbonyl (C=O) groups excluding carboxylic acids is 1. The van der Waals surface area contributed by atoms with Gasteiger partial charge < -0.3 is 14.2 Å². The number of allylic oxidation sites excluding steroid dienone is 2. The molecule has 0 N–H and O–H groups in total. The lowest BCUT2D eigenvalue weighted by atomic mass is 9.88. The summed E-state index contributed by atoms with van der Waals surface area (Å²) in [5.74, 6) is -0.00578. The first-order chi connectivity index (χ1) is 12.2. The van der Waals surface area contributed by atoms with Crippen molar-refractivity contribution in [2.75, 3.05) is 6.61 Å². The molecule has 0 aromatic carbocycles. The van der Waals surface area contributed by atoms with E-state index >= 15 is 0 Å². The smallest absolute Gasteiger partial charge is 0.302 e. The summed E-state index contributed by atoms with van der Waals surface area (Å²) in [4.78, 5) is 11.2. The zero-order chi connectivity index (χ0) is 18.9. The molecule has 0 radical (unpaired) electrons. The highest BCUT2D eigenvalue weighted by atomic mass is 16.6. The van der Waals surface area contributed by atoms with Crippen LogP contribution in [0.25, 0.3) is 0 Å². The molecule has 4 nitrogen and oxygen atoms in total. The second-order valence-corrected chi connectivity index (χ2v) is 8.84. The van der Waals surface area contributed by atoms with E-state index in [-0.39, 0.29) is 29.2 Å². The van der Waals surface area contributed by atoms with Crippen molar-refractivity contribution in [1.82, 2.24) is 0 Å². The molecule has 0 aromatic heterocycles. The lowest BCUT2D eigenvalue weighted by molar-refractivity contribution is -0.141. The van der Waals surface area contributed by atoms with Gasteiger partial charge in [0.15, 0.2) is 0 Å². The topological polar surface area (TPSA) is 51.4 Å². The number of hydrogen-bond acceptors (Lipinski definition) is 4. The van der Waals surface area contributed by atoms with Gasteiger partial charge in [-0.15, -0.1) is 0 Å². The van der Waals surface area contributed by atoms with E-state index in [0.29, 0.717) is 12.7 Å². The molecule has 3 aliphatic rings. The van der Waals surface area contributed by atoms with Crippen LogP contribution in [0.3, 0.4) is 0 Å². The molecule has 26 heavy (non-hydrogen) atoms. The van der Waals surface area contributed by atoms with Gasteiger partial charge in [-0.25, -0.2) is 0 Å². The Hall–Kier alpha value is -1.13. The molecule has 0 saturated carbocycles. The number of esters is 1. The Kier molecular flexibility index (Phi) is 5.64. The first-order valence-electron chi connectivity index (χ1n) is 10.1.